The van der Waals surface area contributed by atoms with Crippen molar-refractivity contribution in [2.75, 3.05) is 12.8 Å². The van der Waals surface area contributed by atoms with Gasteiger partial charge in [0.1, 0.15) is 11.5 Å². The van der Waals surface area contributed by atoms with Crippen molar-refractivity contribution in [2.24, 2.45) is 0 Å². The summed E-state index contributed by atoms with van der Waals surface area (Å²) in [5.74, 6) is -0.0853. The van der Waals surface area contributed by atoms with Crippen LogP contribution in [0.4, 0.5) is 19.0 Å². The predicted octanol–water partition coefficient (Wildman–Crippen LogP) is 3.58. The number of hydrogen-bond donors (Lipinski definition) is 1. The Balaban J connectivity index is 1.92. The maximum atomic E-state index is 12.6. The topological polar surface area (TPSA) is 59.2 Å². The smallest absolute Gasteiger partial charge is 0.384 e. The second-order valence-corrected chi connectivity index (χ2v) is 5.89. The normalized spacial score (nSPS) is 14.5. The Bertz CT molecular complexity index is 768. The molecule has 7 heteroatoms. The summed E-state index contributed by atoms with van der Waals surface area (Å²) in [6.45, 7) is 0. The third-order valence-electron chi connectivity index (χ3n) is 4.02. The molecule has 0 saturated heterocycles. The van der Waals surface area contributed by atoms with E-state index in [4.69, 9.17) is 5.73 Å². The number of rotatable bonds is 3. The van der Waals surface area contributed by atoms with Crippen molar-refractivity contribution in [1.82, 2.24) is 9.88 Å². The lowest BCUT2D eigenvalue weighted by molar-refractivity contribution is -0.137. The van der Waals surface area contributed by atoms with Gasteiger partial charge in [-0.15, -0.1) is 0 Å². The van der Waals surface area contributed by atoms with Crippen LogP contribution in [-0.2, 0) is 6.18 Å². The van der Waals surface area contributed by atoms with Gasteiger partial charge in [-0.05, 0) is 48.2 Å². The predicted molar refractivity (Wildman–Crippen MR) is 84.2 cm³/mol. The first-order chi connectivity index (χ1) is 11.3. The van der Waals surface area contributed by atoms with Crippen LogP contribution in [0.15, 0.2) is 36.4 Å². The van der Waals surface area contributed by atoms with Gasteiger partial charge in [-0.3, -0.25) is 4.79 Å². The molecular formula is C17H16F3N3O. The van der Waals surface area contributed by atoms with E-state index < -0.39 is 11.7 Å². The summed E-state index contributed by atoms with van der Waals surface area (Å²) >= 11 is 0. The molecule has 1 heterocycles. The Hall–Kier alpha value is -2.57. The summed E-state index contributed by atoms with van der Waals surface area (Å²) in [5.41, 5.74) is 6.33. The molecule has 1 amide bonds. The van der Waals surface area contributed by atoms with Gasteiger partial charge in [-0.2, -0.15) is 13.2 Å². The van der Waals surface area contributed by atoms with Crippen LogP contribution in [0.25, 0.3) is 11.1 Å². The van der Waals surface area contributed by atoms with E-state index in [2.05, 4.69) is 4.98 Å². The fraction of sp³-hybridized carbons (Fsp3) is 0.294. The maximum absolute atomic E-state index is 12.6. The Morgan fingerprint density at radius 3 is 2.33 bits per heavy atom. The molecule has 0 unspecified atom stereocenters. The highest BCUT2D eigenvalue weighted by molar-refractivity contribution is 5.94. The highest BCUT2D eigenvalue weighted by Gasteiger charge is 2.31. The molecule has 0 atom stereocenters. The molecule has 1 fully saturated rings. The maximum Gasteiger partial charge on any atom is 0.416 e. The SMILES string of the molecule is CN(C(=O)c1cc(-c2ccc(C(F)(F)F)cc2)cc(N)n1)C1CC1. The third kappa shape index (κ3) is 3.34. The van der Waals surface area contributed by atoms with Crippen LogP contribution < -0.4 is 5.73 Å². The zero-order valence-electron chi connectivity index (χ0n) is 13.0. The second-order valence-electron chi connectivity index (χ2n) is 5.89. The zero-order valence-corrected chi connectivity index (χ0v) is 13.0. The van der Waals surface area contributed by atoms with Crippen LogP contribution in [0, 0.1) is 0 Å². The third-order valence-corrected chi connectivity index (χ3v) is 4.02. The van der Waals surface area contributed by atoms with E-state index in [1.54, 1.807) is 18.0 Å². The van der Waals surface area contributed by atoms with Gasteiger partial charge in [0.2, 0.25) is 0 Å². The zero-order chi connectivity index (χ0) is 17.5. The quantitative estimate of drug-likeness (QED) is 0.932. The van der Waals surface area contributed by atoms with Gasteiger partial charge >= 0.3 is 6.18 Å². The minimum absolute atomic E-state index is 0.153. The van der Waals surface area contributed by atoms with Crippen molar-refractivity contribution in [3.8, 4) is 11.1 Å². The summed E-state index contributed by atoms with van der Waals surface area (Å²) in [7, 11) is 1.71. The Morgan fingerprint density at radius 2 is 1.79 bits per heavy atom. The highest BCUT2D eigenvalue weighted by Crippen LogP contribution is 2.32. The molecule has 1 aromatic heterocycles. The number of nitrogens with two attached hydrogens (primary N) is 1. The van der Waals surface area contributed by atoms with Crippen LogP contribution in [0.3, 0.4) is 0 Å². The van der Waals surface area contributed by atoms with Gasteiger partial charge in [0.05, 0.1) is 5.56 Å². The van der Waals surface area contributed by atoms with Crippen molar-refractivity contribution in [1.29, 1.82) is 0 Å². The number of alkyl halides is 3. The number of nitrogens with zero attached hydrogens (tertiary/aromatic N) is 2. The Labute approximate surface area is 137 Å². The monoisotopic (exact) mass is 335 g/mol. The summed E-state index contributed by atoms with van der Waals surface area (Å²) in [5, 5.41) is 0. The van der Waals surface area contributed by atoms with Crippen LogP contribution in [-0.4, -0.2) is 28.9 Å². The number of halogens is 3. The first kappa shape index (κ1) is 16.3. The van der Waals surface area contributed by atoms with Crippen LogP contribution in [0.2, 0.25) is 0 Å². The average Bonchev–Trinajstić information content (AvgIpc) is 3.37. The second kappa shape index (κ2) is 5.81. The molecule has 126 valence electrons. The molecule has 1 saturated carbocycles. The minimum atomic E-state index is -4.39. The van der Waals surface area contributed by atoms with Gasteiger partial charge < -0.3 is 10.6 Å². The molecule has 0 aliphatic heterocycles. The standard InChI is InChI=1S/C17H16F3N3O/c1-23(13-6-7-13)16(24)14-8-11(9-15(21)22-14)10-2-4-12(5-3-10)17(18,19)20/h2-5,8-9,13H,6-7H2,1H3,(H2,21,22). The molecule has 0 radical (unpaired) electrons. The number of benzene rings is 1. The number of carbonyl (C=O) groups is 1. The average molecular weight is 335 g/mol. The van der Waals surface area contributed by atoms with Gasteiger partial charge in [-0.1, -0.05) is 12.1 Å². The number of aromatic nitrogens is 1. The summed E-state index contributed by atoms with van der Waals surface area (Å²) in [6.07, 6.45) is -2.45. The number of nitrogen functional groups attached to an aromatic ring is 1. The first-order valence-corrected chi connectivity index (χ1v) is 7.48. The fourth-order valence-corrected chi connectivity index (χ4v) is 2.49. The van der Waals surface area contributed by atoms with Gasteiger partial charge in [0, 0.05) is 13.1 Å². The lowest BCUT2D eigenvalue weighted by atomic mass is 10.0. The van der Waals surface area contributed by atoms with Crippen LogP contribution >= 0.6 is 0 Å². The van der Waals surface area contributed by atoms with E-state index >= 15 is 0 Å². The van der Waals surface area contributed by atoms with Gasteiger partial charge in [-0.25, -0.2) is 4.98 Å². The van der Waals surface area contributed by atoms with Crippen LogP contribution in [0.1, 0.15) is 28.9 Å². The van der Waals surface area contributed by atoms with E-state index in [0.717, 1.165) is 25.0 Å². The van der Waals surface area contributed by atoms with Gasteiger partial charge in [0.15, 0.2) is 0 Å². The highest BCUT2D eigenvalue weighted by atomic mass is 19.4. The molecule has 3 rings (SSSR count). The summed E-state index contributed by atoms with van der Waals surface area (Å²) in [6, 6.07) is 8.05. The van der Waals surface area contributed by atoms with E-state index in [1.807, 2.05) is 0 Å². The molecular weight excluding hydrogens is 319 g/mol. The van der Waals surface area contributed by atoms with E-state index in [1.165, 1.54) is 18.2 Å². The van der Waals surface area contributed by atoms with E-state index in [9.17, 15) is 18.0 Å². The summed E-state index contributed by atoms with van der Waals surface area (Å²) in [4.78, 5) is 18.1. The first-order valence-electron chi connectivity index (χ1n) is 7.48. The van der Waals surface area contributed by atoms with Crippen molar-refractivity contribution < 1.29 is 18.0 Å². The molecule has 1 aromatic carbocycles. The Morgan fingerprint density at radius 1 is 1.17 bits per heavy atom. The molecule has 4 nitrogen and oxygen atoms in total. The van der Waals surface area contributed by atoms with E-state index in [-0.39, 0.29) is 23.5 Å². The number of hydrogen-bond acceptors (Lipinski definition) is 3. The van der Waals surface area contributed by atoms with Crippen molar-refractivity contribution >= 4 is 11.7 Å². The number of amides is 1. The van der Waals surface area contributed by atoms with E-state index in [0.29, 0.717) is 11.1 Å². The Kier molecular flexibility index (Phi) is 3.95. The molecule has 1 aliphatic carbocycles. The molecule has 2 aromatic rings. The number of pyridine rings is 1. The lowest BCUT2D eigenvalue weighted by Crippen LogP contribution is -2.29. The number of anilines is 1. The molecule has 0 bridgehead atoms. The van der Waals surface area contributed by atoms with Crippen LogP contribution in [0.5, 0.6) is 0 Å². The molecule has 1 aliphatic rings. The lowest BCUT2D eigenvalue weighted by Gasteiger charge is -2.16. The number of carbonyl (C=O) groups excluding carboxylic acids is 1. The molecule has 24 heavy (non-hydrogen) atoms. The molecule has 2 N–H and O–H groups in total. The van der Waals surface area contributed by atoms with Crippen molar-refractivity contribution in [3.63, 3.8) is 0 Å². The van der Waals surface area contributed by atoms with Crippen molar-refractivity contribution in [2.45, 2.75) is 25.1 Å². The fourth-order valence-electron chi connectivity index (χ4n) is 2.49. The summed E-state index contributed by atoms with van der Waals surface area (Å²) < 4.78 is 37.9. The minimum Gasteiger partial charge on any atom is -0.384 e. The van der Waals surface area contributed by atoms with Crippen molar-refractivity contribution in [3.05, 3.63) is 47.7 Å². The largest absolute Gasteiger partial charge is 0.416 e. The van der Waals surface area contributed by atoms with Gasteiger partial charge in [0.25, 0.3) is 5.91 Å². The molecule has 0 spiro atoms.